The number of fused-ring (bicyclic) bond motifs is 1. The molecule has 1 N–H and O–H groups in total. The van der Waals surface area contributed by atoms with Gasteiger partial charge in [0.2, 0.25) is 0 Å². The van der Waals surface area contributed by atoms with E-state index in [1.54, 1.807) is 0 Å². The van der Waals surface area contributed by atoms with E-state index in [4.69, 9.17) is 0 Å². The summed E-state index contributed by atoms with van der Waals surface area (Å²) in [4.78, 5) is 0. The van der Waals surface area contributed by atoms with Crippen LogP contribution in [-0.4, -0.2) is 21.3 Å². The third-order valence-corrected chi connectivity index (χ3v) is 4.88. The Morgan fingerprint density at radius 2 is 2.11 bits per heavy atom. The van der Waals surface area contributed by atoms with Crippen molar-refractivity contribution in [2.45, 2.75) is 65.0 Å². The van der Waals surface area contributed by atoms with Crippen LogP contribution >= 0.6 is 0 Å². The molecular weight excluding hydrogens is 224 g/mol. The monoisotopic (exact) mass is 248 g/mol. The zero-order valence-electron chi connectivity index (χ0n) is 11.4. The van der Waals surface area contributed by atoms with Crippen LogP contribution in [0.1, 0.15) is 57.1 Å². The second kappa shape index (κ2) is 5.00. The molecule has 0 radical (unpaired) electrons. The lowest BCUT2D eigenvalue weighted by molar-refractivity contribution is 0.123. The highest BCUT2D eigenvalue weighted by molar-refractivity contribution is 4.99. The van der Waals surface area contributed by atoms with Crippen LogP contribution in [0.15, 0.2) is 0 Å². The number of aryl methyl sites for hydroxylation is 1. The summed E-state index contributed by atoms with van der Waals surface area (Å²) in [6.07, 6.45) is 9.16. The third-order valence-electron chi connectivity index (χ3n) is 4.88. The summed E-state index contributed by atoms with van der Waals surface area (Å²) in [5.74, 6) is 2.32. The van der Waals surface area contributed by atoms with Crippen molar-refractivity contribution in [3.05, 3.63) is 11.6 Å². The molecule has 18 heavy (non-hydrogen) atoms. The van der Waals surface area contributed by atoms with Crippen LogP contribution in [0.25, 0.3) is 0 Å². The maximum Gasteiger partial charge on any atom is 0.147 e. The van der Waals surface area contributed by atoms with Gasteiger partial charge < -0.3 is 9.88 Å². The van der Waals surface area contributed by atoms with Gasteiger partial charge in [0.05, 0.1) is 6.54 Å². The van der Waals surface area contributed by atoms with E-state index in [2.05, 4.69) is 27.0 Å². The Morgan fingerprint density at radius 3 is 2.83 bits per heavy atom. The number of aromatic nitrogens is 3. The van der Waals surface area contributed by atoms with Crippen molar-refractivity contribution in [1.82, 2.24) is 20.1 Å². The second-order valence-corrected chi connectivity index (χ2v) is 5.95. The third kappa shape index (κ3) is 2.18. The lowest BCUT2D eigenvalue weighted by Gasteiger charge is -2.41. The Bertz CT molecular complexity index is 400. The molecule has 4 nitrogen and oxygen atoms in total. The van der Waals surface area contributed by atoms with Crippen molar-refractivity contribution in [2.24, 2.45) is 5.41 Å². The molecule has 0 aromatic carbocycles. The molecule has 0 saturated heterocycles. The highest BCUT2D eigenvalue weighted by atomic mass is 15.3. The molecule has 2 aliphatic rings. The van der Waals surface area contributed by atoms with Crippen LogP contribution in [-0.2, 0) is 19.5 Å². The van der Waals surface area contributed by atoms with Gasteiger partial charge in [0, 0.05) is 19.5 Å². The summed E-state index contributed by atoms with van der Waals surface area (Å²) in [6, 6.07) is 0. The normalized spacial score (nSPS) is 21.4. The van der Waals surface area contributed by atoms with Crippen molar-refractivity contribution in [1.29, 1.82) is 0 Å². The van der Waals surface area contributed by atoms with E-state index in [0.29, 0.717) is 5.41 Å². The van der Waals surface area contributed by atoms with Crippen LogP contribution in [0.4, 0.5) is 0 Å². The van der Waals surface area contributed by atoms with Gasteiger partial charge in [0.1, 0.15) is 11.6 Å². The largest absolute Gasteiger partial charge is 0.314 e. The summed E-state index contributed by atoms with van der Waals surface area (Å²) >= 11 is 0. The molecule has 1 aromatic heterocycles. The smallest absolute Gasteiger partial charge is 0.147 e. The van der Waals surface area contributed by atoms with Crippen molar-refractivity contribution < 1.29 is 0 Å². The van der Waals surface area contributed by atoms with Gasteiger partial charge in [0.25, 0.3) is 0 Å². The second-order valence-electron chi connectivity index (χ2n) is 5.95. The van der Waals surface area contributed by atoms with E-state index in [9.17, 15) is 0 Å². The Hall–Kier alpha value is -0.900. The molecule has 4 heteroatoms. The molecule has 100 valence electrons. The summed E-state index contributed by atoms with van der Waals surface area (Å²) in [5, 5.41) is 12.2. The number of nitrogens with one attached hydrogen (secondary N) is 1. The predicted octanol–water partition coefficient (Wildman–Crippen LogP) is 2.28. The minimum absolute atomic E-state index is 0.588. The minimum Gasteiger partial charge on any atom is -0.314 e. The molecule has 3 rings (SSSR count). The maximum absolute atomic E-state index is 4.34. The molecule has 1 aromatic rings. The highest BCUT2D eigenvalue weighted by Crippen LogP contribution is 2.43. The lowest BCUT2D eigenvalue weighted by atomic mass is 9.67. The van der Waals surface area contributed by atoms with Crippen molar-refractivity contribution >= 4 is 0 Å². The lowest BCUT2D eigenvalue weighted by Crippen LogP contribution is -2.39. The van der Waals surface area contributed by atoms with E-state index >= 15 is 0 Å². The molecular formula is C14H24N4. The highest BCUT2D eigenvalue weighted by Gasteiger charge is 2.34. The van der Waals surface area contributed by atoms with Crippen LogP contribution < -0.4 is 5.32 Å². The topological polar surface area (TPSA) is 42.7 Å². The fourth-order valence-corrected chi connectivity index (χ4v) is 3.27. The zero-order valence-corrected chi connectivity index (χ0v) is 11.4. The Morgan fingerprint density at radius 1 is 1.22 bits per heavy atom. The molecule has 0 spiro atoms. The minimum atomic E-state index is 0.588. The Balaban J connectivity index is 1.55. The van der Waals surface area contributed by atoms with Crippen LogP contribution in [0, 0.1) is 5.41 Å². The van der Waals surface area contributed by atoms with Gasteiger partial charge in [-0.15, -0.1) is 10.2 Å². The summed E-state index contributed by atoms with van der Waals surface area (Å²) in [6.45, 7) is 5.46. The average molecular weight is 248 g/mol. The summed E-state index contributed by atoms with van der Waals surface area (Å²) < 4.78 is 2.32. The van der Waals surface area contributed by atoms with E-state index in [0.717, 1.165) is 31.9 Å². The van der Waals surface area contributed by atoms with E-state index < -0.39 is 0 Å². The van der Waals surface area contributed by atoms with Crippen LogP contribution in [0.2, 0.25) is 0 Å². The summed E-state index contributed by atoms with van der Waals surface area (Å²) in [5.41, 5.74) is 0.588. The van der Waals surface area contributed by atoms with E-state index in [1.165, 1.54) is 44.3 Å². The van der Waals surface area contributed by atoms with Gasteiger partial charge in [0.15, 0.2) is 0 Å². The fourth-order valence-electron chi connectivity index (χ4n) is 3.27. The van der Waals surface area contributed by atoms with Crippen LogP contribution in [0.5, 0.6) is 0 Å². The van der Waals surface area contributed by atoms with Gasteiger partial charge in [-0.1, -0.05) is 13.3 Å². The predicted molar refractivity (Wildman–Crippen MR) is 71.2 cm³/mol. The number of hydrogen-bond donors (Lipinski definition) is 1. The van der Waals surface area contributed by atoms with Crippen molar-refractivity contribution in [2.75, 3.05) is 6.54 Å². The van der Waals surface area contributed by atoms with Gasteiger partial charge in [-0.3, -0.25) is 0 Å². The maximum atomic E-state index is 4.34. The van der Waals surface area contributed by atoms with Gasteiger partial charge in [-0.2, -0.15) is 0 Å². The van der Waals surface area contributed by atoms with Gasteiger partial charge in [-0.05, 0) is 37.5 Å². The first kappa shape index (κ1) is 12.2. The standard InChI is InChI=1S/C14H24N4/c1-2-14(7-5-8-14)11-15-10-13-17-16-12-6-3-4-9-18(12)13/h15H,2-11H2,1H3. The molecule has 0 unspecified atom stereocenters. The number of hydrogen-bond acceptors (Lipinski definition) is 3. The summed E-state index contributed by atoms with van der Waals surface area (Å²) in [7, 11) is 0. The molecule has 1 fully saturated rings. The van der Waals surface area contributed by atoms with Crippen molar-refractivity contribution in [3.8, 4) is 0 Å². The molecule has 0 amide bonds. The first-order valence-electron chi connectivity index (χ1n) is 7.45. The van der Waals surface area contributed by atoms with E-state index in [1.807, 2.05) is 0 Å². The molecule has 1 aliphatic heterocycles. The fraction of sp³-hybridized carbons (Fsp3) is 0.857. The van der Waals surface area contributed by atoms with Gasteiger partial charge in [-0.25, -0.2) is 0 Å². The Labute approximate surface area is 109 Å². The number of nitrogens with zero attached hydrogens (tertiary/aromatic N) is 3. The molecule has 1 saturated carbocycles. The molecule has 2 heterocycles. The van der Waals surface area contributed by atoms with Crippen molar-refractivity contribution in [3.63, 3.8) is 0 Å². The first-order valence-corrected chi connectivity index (χ1v) is 7.45. The quantitative estimate of drug-likeness (QED) is 0.869. The molecule has 0 bridgehead atoms. The molecule has 0 atom stereocenters. The van der Waals surface area contributed by atoms with E-state index in [-0.39, 0.29) is 0 Å². The SMILES string of the molecule is CCC1(CNCc2nnc3n2CCCC3)CCC1. The number of rotatable bonds is 5. The van der Waals surface area contributed by atoms with Crippen LogP contribution in [0.3, 0.4) is 0 Å². The first-order chi connectivity index (χ1) is 8.83. The van der Waals surface area contributed by atoms with Gasteiger partial charge >= 0.3 is 0 Å². The average Bonchev–Trinajstić information content (AvgIpc) is 2.76. The molecule has 1 aliphatic carbocycles. The Kier molecular flexibility index (Phi) is 3.37. The zero-order chi connectivity index (χ0) is 12.4.